The molecule has 120 valence electrons. The Morgan fingerprint density at radius 3 is 1.75 bits per heavy atom. The predicted octanol–water partition coefficient (Wildman–Crippen LogP) is 3.15. The van der Waals surface area contributed by atoms with Gasteiger partial charge >= 0.3 is 11.9 Å². The van der Waals surface area contributed by atoms with E-state index < -0.39 is 11.9 Å². The van der Waals surface area contributed by atoms with Crippen LogP contribution >= 0.6 is 0 Å². The molecule has 2 aromatic heterocycles. The molecule has 24 heavy (non-hydrogen) atoms. The summed E-state index contributed by atoms with van der Waals surface area (Å²) in [5.74, 6) is -2.56. The number of carbonyl (C=O) groups is 2. The van der Waals surface area contributed by atoms with Crippen LogP contribution in [0.1, 0.15) is 20.7 Å². The van der Waals surface area contributed by atoms with Gasteiger partial charge < -0.3 is 14.8 Å². The lowest BCUT2D eigenvalue weighted by Gasteiger charge is -2.08. The lowest BCUT2D eigenvalue weighted by atomic mass is 10.0. The number of aromatic carboxylic acids is 2. The Hall–Kier alpha value is -3.41. The van der Waals surface area contributed by atoms with Crippen molar-refractivity contribution in [3.8, 4) is 22.5 Å². The van der Waals surface area contributed by atoms with Gasteiger partial charge in [-0.3, -0.25) is 4.98 Å². The fraction of sp³-hybridized carbons (Fsp3) is 0.0556. The Morgan fingerprint density at radius 2 is 1.29 bits per heavy atom. The summed E-state index contributed by atoms with van der Waals surface area (Å²) >= 11 is 0. The second-order valence-electron chi connectivity index (χ2n) is 5.22. The minimum Gasteiger partial charge on any atom is -0.478 e. The van der Waals surface area contributed by atoms with Gasteiger partial charge in [0.05, 0.1) is 11.4 Å². The number of aromatic nitrogens is 2. The highest BCUT2D eigenvalue weighted by Gasteiger charge is 2.31. The van der Waals surface area contributed by atoms with Gasteiger partial charge in [-0.15, -0.1) is 0 Å². The SMILES string of the molecule is Cn1c(-c2ccccc2)c(C(=O)O)c(C(=O)O)c1-c1ccncc1. The van der Waals surface area contributed by atoms with Gasteiger partial charge in [0.1, 0.15) is 11.1 Å². The zero-order chi connectivity index (χ0) is 17.3. The maximum absolute atomic E-state index is 11.8. The van der Waals surface area contributed by atoms with Gasteiger partial charge in [-0.05, 0) is 17.7 Å². The van der Waals surface area contributed by atoms with Crippen LogP contribution in [-0.4, -0.2) is 31.7 Å². The van der Waals surface area contributed by atoms with Crippen LogP contribution in [-0.2, 0) is 7.05 Å². The molecule has 0 atom stereocenters. The Kier molecular flexibility index (Phi) is 3.87. The molecule has 0 saturated heterocycles. The molecule has 0 bridgehead atoms. The van der Waals surface area contributed by atoms with Crippen LogP contribution in [0.25, 0.3) is 22.5 Å². The summed E-state index contributed by atoms with van der Waals surface area (Å²) in [4.78, 5) is 27.6. The van der Waals surface area contributed by atoms with Crippen LogP contribution < -0.4 is 0 Å². The standard InChI is InChI=1S/C18H14N2O4/c1-20-15(11-5-3-2-4-6-11)13(17(21)22)14(18(23)24)16(20)12-7-9-19-10-8-12/h2-10H,1H3,(H,21,22)(H,23,24). The number of carboxylic acid groups (broad SMARTS) is 2. The molecule has 6 heteroatoms. The lowest BCUT2D eigenvalue weighted by Crippen LogP contribution is -2.07. The average molecular weight is 322 g/mol. The van der Waals surface area contributed by atoms with Crippen molar-refractivity contribution < 1.29 is 19.8 Å². The van der Waals surface area contributed by atoms with Gasteiger partial charge in [-0.25, -0.2) is 9.59 Å². The van der Waals surface area contributed by atoms with Crippen molar-refractivity contribution in [3.05, 3.63) is 66.0 Å². The van der Waals surface area contributed by atoms with E-state index in [1.165, 1.54) is 12.4 Å². The molecule has 6 nitrogen and oxygen atoms in total. The van der Waals surface area contributed by atoms with Gasteiger partial charge in [0.2, 0.25) is 0 Å². The summed E-state index contributed by atoms with van der Waals surface area (Å²) in [6.45, 7) is 0. The number of benzene rings is 1. The monoisotopic (exact) mass is 322 g/mol. The molecule has 3 rings (SSSR count). The second kappa shape index (κ2) is 6.00. The third kappa shape index (κ3) is 2.44. The first kappa shape index (κ1) is 15.5. The average Bonchev–Trinajstić information content (AvgIpc) is 2.90. The van der Waals surface area contributed by atoms with Crippen molar-refractivity contribution in [2.75, 3.05) is 0 Å². The third-order valence-electron chi connectivity index (χ3n) is 3.82. The van der Waals surface area contributed by atoms with Crippen LogP contribution in [0.4, 0.5) is 0 Å². The molecule has 0 aliphatic heterocycles. The molecule has 0 fully saturated rings. The topological polar surface area (TPSA) is 92.4 Å². The third-order valence-corrected chi connectivity index (χ3v) is 3.82. The molecule has 1 aromatic carbocycles. The largest absolute Gasteiger partial charge is 0.478 e. The van der Waals surface area contributed by atoms with E-state index in [0.29, 0.717) is 22.5 Å². The number of hydrogen-bond acceptors (Lipinski definition) is 3. The molecule has 0 aliphatic rings. The predicted molar refractivity (Wildman–Crippen MR) is 88.0 cm³/mol. The Labute approximate surface area is 137 Å². The maximum atomic E-state index is 11.8. The second-order valence-corrected chi connectivity index (χ2v) is 5.22. The van der Waals surface area contributed by atoms with E-state index in [9.17, 15) is 19.8 Å². The normalized spacial score (nSPS) is 10.5. The summed E-state index contributed by atoms with van der Waals surface area (Å²) < 4.78 is 1.61. The molecule has 0 spiro atoms. The van der Waals surface area contributed by atoms with E-state index >= 15 is 0 Å². The molecule has 0 radical (unpaired) electrons. The van der Waals surface area contributed by atoms with Crippen molar-refractivity contribution in [2.24, 2.45) is 7.05 Å². The molecule has 2 N–H and O–H groups in total. The fourth-order valence-electron chi connectivity index (χ4n) is 2.88. The molecule has 3 aromatic rings. The minimum absolute atomic E-state index is 0.219. The highest BCUT2D eigenvalue weighted by Crippen LogP contribution is 2.36. The summed E-state index contributed by atoms with van der Waals surface area (Å²) in [6.07, 6.45) is 3.08. The Balaban J connectivity index is 2.43. The number of pyridine rings is 1. The fourth-order valence-corrected chi connectivity index (χ4v) is 2.88. The van der Waals surface area contributed by atoms with Crippen LogP contribution in [0.15, 0.2) is 54.9 Å². The minimum atomic E-state index is -1.28. The Morgan fingerprint density at radius 1 is 0.833 bits per heavy atom. The van der Waals surface area contributed by atoms with E-state index in [4.69, 9.17) is 0 Å². The van der Waals surface area contributed by atoms with Crippen LogP contribution in [0.3, 0.4) is 0 Å². The van der Waals surface area contributed by atoms with Gasteiger partial charge in [0.25, 0.3) is 0 Å². The first-order valence-electron chi connectivity index (χ1n) is 7.17. The number of carboxylic acids is 2. The zero-order valence-electron chi connectivity index (χ0n) is 12.8. The van der Waals surface area contributed by atoms with Gasteiger partial charge in [0.15, 0.2) is 0 Å². The van der Waals surface area contributed by atoms with E-state index in [1.807, 2.05) is 6.07 Å². The zero-order valence-corrected chi connectivity index (χ0v) is 12.8. The highest BCUT2D eigenvalue weighted by atomic mass is 16.4. The lowest BCUT2D eigenvalue weighted by molar-refractivity contribution is 0.0654. The van der Waals surface area contributed by atoms with Crippen LogP contribution in [0.2, 0.25) is 0 Å². The quantitative estimate of drug-likeness (QED) is 0.770. The Bertz CT molecular complexity index is 840. The first-order chi connectivity index (χ1) is 11.5. The summed E-state index contributed by atoms with van der Waals surface area (Å²) in [5.41, 5.74) is 1.47. The number of hydrogen-bond donors (Lipinski definition) is 2. The van der Waals surface area contributed by atoms with E-state index in [0.717, 1.165) is 0 Å². The van der Waals surface area contributed by atoms with Crippen molar-refractivity contribution in [3.63, 3.8) is 0 Å². The summed E-state index contributed by atoms with van der Waals surface area (Å²) in [7, 11) is 1.66. The number of nitrogens with zero attached hydrogens (tertiary/aromatic N) is 2. The van der Waals surface area contributed by atoms with Gasteiger partial charge in [0, 0.05) is 25.0 Å². The van der Waals surface area contributed by atoms with Crippen molar-refractivity contribution in [1.29, 1.82) is 0 Å². The van der Waals surface area contributed by atoms with Crippen molar-refractivity contribution in [1.82, 2.24) is 9.55 Å². The molecule has 0 unspecified atom stereocenters. The van der Waals surface area contributed by atoms with Crippen molar-refractivity contribution in [2.45, 2.75) is 0 Å². The molecular formula is C18H14N2O4. The molecule has 0 amide bonds. The first-order valence-corrected chi connectivity index (χ1v) is 7.17. The maximum Gasteiger partial charge on any atom is 0.338 e. The van der Waals surface area contributed by atoms with E-state index in [-0.39, 0.29) is 11.1 Å². The highest BCUT2D eigenvalue weighted by molar-refractivity contribution is 6.11. The van der Waals surface area contributed by atoms with Crippen LogP contribution in [0.5, 0.6) is 0 Å². The summed E-state index contributed by atoms with van der Waals surface area (Å²) in [6, 6.07) is 12.2. The molecular weight excluding hydrogens is 308 g/mol. The number of rotatable bonds is 4. The van der Waals surface area contributed by atoms with Crippen LogP contribution in [0, 0.1) is 0 Å². The molecule has 0 aliphatic carbocycles. The smallest absolute Gasteiger partial charge is 0.338 e. The summed E-state index contributed by atoms with van der Waals surface area (Å²) in [5, 5.41) is 19.3. The van der Waals surface area contributed by atoms with Gasteiger partial charge in [-0.2, -0.15) is 0 Å². The van der Waals surface area contributed by atoms with Crippen molar-refractivity contribution >= 4 is 11.9 Å². The molecule has 2 heterocycles. The molecule has 0 saturated carbocycles. The van der Waals surface area contributed by atoms with E-state index in [2.05, 4.69) is 4.98 Å². The van der Waals surface area contributed by atoms with E-state index in [1.54, 1.807) is 48.0 Å². The van der Waals surface area contributed by atoms with Gasteiger partial charge in [-0.1, -0.05) is 30.3 Å².